The highest BCUT2D eigenvalue weighted by Gasteiger charge is 2.32. The molecule has 0 unspecified atom stereocenters. The summed E-state index contributed by atoms with van der Waals surface area (Å²) in [4.78, 5) is 26.8. The molecule has 2 aromatic rings. The summed E-state index contributed by atoms with van der Waals surface area (Å²) in [5.41, 5.74) is 1.08. The minimum atomic E-state index is -0.216. The molecule has 1 aliphatic carbocycles. The number of thioether (sulfide) groups is 1. The topological polar surface area (TPSA) is 66.4 Å². The minimum absolute atomic E-state index is 0.115. The fourth-order valence-corrected chi connectivity index (χ4v) is 3.40. The van der Waals surface area contributed by atoms with Crippen LogP contribution in [0.25, 0.3) is 0 Å². The molecule has 5 heteroatoms. The first kappa shape index (κ1) is 15.5. The zero-order valence-electron chi connectivity index (χ0n) is 12.3. The Bertz CT molecular complexity index is 784. The van der Waals surface area contributed by atoms with Crippen LogP contribution in [0.15, 0.2) is 70.1 Å². The minimum Gasteiger partial charge on any atom is -0.395 e. The molecule has 1 aliphatic rings. The Morgan fingerprint density at radius 1 is 0.870 bits per heavy atom. The molecule has 2 aromatic carbocycles. The van der Waals surface area contributed by atoms with E-state index in [9.17, 15) is 9.59 Å². The van der Waals surface area contributed by atoms with Crippen LogP contribution in [-0.2, 0) is 0 Å². The Morgan fingerprint density at radius 3 is 2.13 bits per heavy atom. The van der Waals surface area contributed by atoms with Crippen LogP contribution >= 0.6 is 11.8 Å². The monoisotopic (exact) mass is 325 g/mol. The number of hydrogen-bond acceptors (Lipinski definition) is 5. The van der Waals surface area contributed by atoms with Gasteiger partial charge in [0, 0.05) is 22.6 Å². The van der Waals surface area contributed by atoms with Gasteiger partial charge in [0.25, 0.3) is 0 Å². The third-order valence-corrected chi connectivity index (χ3v) is 4.55. The molecular weight excluding hydrogens is 310 g/mol. The molecule has 0 aromatic heterocycles. The summed E-state index contributed by atoms with van der Waals surface area (Å²) >= 11 is 1.26. The second-order valence-corrected chi connectivity index (χ2v) is 6.06. The molecule has 116 valence electrons. The average molecular weight is 325 g/mol. The molecule has 0 saturated heterocycles. The van der Waals surface area contributed by atoms with Gasteiger partial charge in [0.05, 0.1) is 11.5 Å². The van der Waals surface area contributed by atoms with E-state index in [-0.39, 0.29) is 30.4 Å². The van der Waals surface area contributed by atoms with Crippen LogP contribution in [-0.4, -0.2) is 29.8 Å². The summed E-state index contributed by atoms with van der Waals surface area (Å²) in [6.07, 6.45) is 0. The first-order chi connectivity index (χ1) is 11.2. The molecular formula is C18H15NO3S. The van der Waals surface area contributed by atoms with Gasteiger partial charge >= 0.3 is 0 Å². The van der Waals surface area contributed by atoms with Crippen molar-refractivity contribution in [3.63, 3.8) is 0 Å². The van der Waals surface area contributed by atoms with Crippen LogP contribution in [0.3, 0.4) is 0 Å². The number of Topliss-reactive ketones (excluding diaryl/α,β-unsaturated/α-hetero) is 2. The number of allylic oxidation sites excluding steroid dienone is 2. The molecule has 2 N–H and O–H groups in total. The second kappa shape index (κ2) is 6.81. The Hall–Kier alpha value is -2.37. The van der Waals surface area contributed by atoms with E-state index in [1.807, 2.05) is 30.3 Å². The van der Waals surface area contributed by atoms with Crippen LogP contribution in [0.5, 0.6) is 0 Å². The highest BCUT2D eigenvalue weighted by Crippen LogP contribution is 2.35. The van der Waals surface area contributed by atoms with Gasteiger partial charge in [0.2, 0.25) is 11.6 Å². The van der Waals surface area contributed by atoms with Gasteiger partial charge in [-0.25, -0.2) is 0 Å². The predicted octanol–water partition coefficient (Wildman–Crippen LogP) is 2.65. The van der Waals surface area contributed by atoms with Crippen molar-refractivity contribution in [1.29, 1.82) is 0 Å². The van der Waals surface area contributed by atoms with Crippen molar-refractivity contribution in [3.8, 4) is 0 Å². The van der Waals surface area contributed by atoms with E-state index >= 15 is 0 Å². The third kappa shape index (κ3) is 3.06. The van der Waals surface area contributed by atoms with Crippen LogP contribution in [0.2, 0.25) is 0 Å². The summed E-state index contributed by atoms with van der Waals surface area (Å²) < 4.78 is 0. The number of rotatable bonds is 5. The maximum atomic E-state index is 12.8. The van der Waals surface area contributed by atoms with Crippen molar-refractivity contribution >= 4 is 23.3 Å². The number of aliphatic hydroxyl groups excluding tert-OH is 1. The smallest absolute Gasteiger partial charge is 0.210 e. The molecule has 0 bridgehead atoms. The van der Waals surface area contributed by atoms with Crippen LogP contribution in [0, 0.1) is 0 Å². The molecule has 3 rings (SSSR count). The van der Waals surface area contributed by atoms with Crippen LogP contribution < -0.4 is 5.32 Å². The standard InChI is InChI=1S/C18H15NO3S/c20-11-10-19-15-16(21)13-8-4-5-9-14(13)17(22)18(15)23-12-6-2-1-3-7-12/h1-9,19-20H,10-11H2. The summed E-state index contributed by atoms with van der Waals surface area (Å²) in [6.45, 7) is 0.102. The van der Waals surface area contributed by atoms with Gasteiger partial charge in [-0.1, -0.05) is 54.2 Å². The summed E-state index contributed by atoms with van der Waals surface area (Å²) in [5.74, 6) is -0.387. The van der Waals surface area contributed by atoms with Gasteiger partial charge in [-0.2, -0.15) is 0 Å². The van der Waals surface area contributed by atoms with Gasteiger partial charge in [-0.3, -0.25) is 9.59 Å². The zero-order chi connectivity index (χ0) is 16.2. The number of hydrogen-bond donors (Lipinski definition) is 2. The number of carbonyl (C=O) groups excluding carboxylic acids is 2. The van der Waals surface area contributed by atoms with Gasteiger partial charge in [-0.15, -0.1) is 0 Å². The van der Waals surface area contributed by atoms with Gasteiger partial charge in [0.15, 0.2) is 0 Å². The summed E-state index contributed by atoms with van der Waals surface area (Å²) in [6, 6.07) is 16.2. The SMILES string of the molecule is O=C1C(NCCO)=C(Sc2ccccc2)C(=O)c2ccccc21. The molecule has 0 heterocycles. The quantitative estimate of drug-likeness (QED) is 0.885. The van der Waals surface area contributed by atoms with E-state index < -0.39 is 0 Å². The maximum Gasteiger partial charge on any atom is 0.210 e. The van der Waals surface area contributed by atoms with Crippen molar-refractivity contribution in [2.24, 2.45) is 0 Å². The molecule has 4 nitrogen and oxygen atoms in total. The van der Waals surface area contributed by atoms with E-state index in [0.29, 0.717) is 16.0 Å². The van der Waals surface area contributed by atoms with E-state index in [4.69, 9.17) is 5.11 Å². The molecule has 0 amide bonds. The van der Waals surface area contributed by atoms with Crippen molar-refractivity contribution in [1.82, 2.24) is 5.32 Å². The molecule has 0 saturated carbocycles. The lowest BCUT2D eigenvalue weighted by atomic mass is 9.92. The lowest BCUT2D eigenvalue weighted by Gasteiger charge is -2.21. The molecule has 0 fully saturated rings. The van der Waals surface area contributed by atoms with Crippen LogP contribution in [0.4, 0.5) is 0 Å². The van der Waals surface area contributed by atoms with E-state index in [0.717, 1.165) is 4.90 Å². The van der Waals surface area contributed by atoms with Crippen molar-refractivity contribution in [2.75, 3.05) is 13.2 Å². The fourth-order valence-electron chi connectivity index (χ4n) is 2.40. The lowest BCUT2D eigenvalue weighted by molar-refractivity contribution is 0.0974. The Balaban J connectivity index is 2.06. The largest absolute Gasteiger partial charge is 0.395 e. The molecule has 0 atom stereocenters. The predicted molar refractivity (Wildman–Crippen MR) is 89.5 cm³/mol. The number of benzene rings is 2. The second-order valence-electron chi connectivity index (χ2n) is 4.97. The highest BCUT2D eigenvalue weighted by atomic mass is 32.2. The number of fused-ring (bicyclic) bond motifs is 1. The fraction of sp³-hybridized carbons (Fsp3) is 0.111. The molecule has 23 heavy (non-hydrogen) atoms. The Morgan fingerprint density at radius 2 is 1.48 bits per heavy atom. The van der Waals surface area contributed by atoms with E-state index in [2.05, 4.69) is 5.32 Å². The molecule has 0 aliphatic heterocycles. The molecule has 0 spiro atoms. The van der Waals surface area contributed by atoms with Crippen molar-refractivity contribution in [2.45, 2.75) is 4.90 Å². The average Bonchev–Trinajstić information content (AvgIpc) is 2.60. The molecule has 0 radical (unpaired) electrons. The zero-order valence-corrected chi connectivity index (χ0v) is 13.1. The summed E-state index contributed by atoms with van der Waals surface area (Å²) in [7, 11) is 0. The first-order valence-electron chi connectivity index (χ1n) is 7.22. The van der Waals surface area contributed by atoms with E-state index in [1.165, 1.54) is 11.8 Å². The number of aliphatic hydroxyl groups is 1. The van der Waals surface area contributed by atoms with Gasteiger partial charge < -0.3 is 10.4 Å². The first-order valence-corrected chi connectivity index (χ1v) is 8.04. The van der Waals surface area contributed by atoms with Crippen LogP contribution in [0.1, 0.15) is 20.7 Å². The third-order valence-electron chi connectivity index (χ3n) is 3.45. The summed E-state index contributed by atoms with van der Waals surface area (Å²) in [5, 5.41) is 11.9. The normalized spacial score (nSPS) is 14.0. The van der Waals surface area contributed by atoms with Gasteiger partial charge in [0.1, 0.15) is 5.70 Å². The van der Waals surface area contributed by atoms with Crippen molar-refractivity contribution < 1.29 is 14.7 Å². The van der Waals surface area contributed by atoms with Crippen molar-refractivity contribution in [3.05, 3.63) is 76.3 Å². The highest BCUT2D eigenvalue weighted by molar-refractivity contribution is 8.04. The number of nitrogens with one attached hydrogen (secondary N) is 1. The maximum absolute atomic E-state index is 12.8. The van der Waals surface area contributed by atoms with Gasteiger partial charge in [-0.05, 0) is 12.1 Å². The van der Waals surface area contributed by atoms with E-state index in [1.54, 1.807) is 24.3 Å². The number of carbonyl (C=O) groups is 2. The lowest BCUT2D eigenvalue weighted by Crippen LogP contribution is -2.31. The Kier molecular flexibility index (Phi) is 4.60. The Labute approximate surface area is 138 Å². The number of ketones is 2.